The van der Waals surface area contributed by atoms with E-state index in [0.29, 0.717) is 6.61 Å². The molecule has 1 saturated carbocycles. The molecule has 0 aromatic heterocycles. The van der Waals surface area contributed by atoms with E-state index in [2.05, 4.69) is 0 Å². The molecule has 2 aliphatic rings. The third-order valence-corrected chi connectivity index (χ3v) is 2.83. The molecule has 0 spiro atoms. The minimum atomic E-state index is -0.200. The van der Waals surface area contributed by atoms with Gasteiger partial charge in [-0.2, -0.15) is 0 Å². The van der Waals surface area contributed by atoms with Crippen molar-refractivity contribution in [2.24, 2.45) is 5.92 Å². The van der Waals surface area contributed by atoms with Gasteiger partial charge in [0, 0.05) is 5.56 Å². The normalized spacial score (nSPS) is 23.1. The van der Waals surface area contributed by atoms with Crippen LogP contribution >= 0.6 is 0 Å². The predicted octanol–water partition coefficient (Wildman–Crippen LogP) is 2.07. The molecule has 1 aromatic carbocycles. The van der Waals surface area contributed by atoms with Crippen molar-refractivity contribution in [1.29, 1.82) is 0 Å². The smallest absolute Gasteiger partial charge is 0.309 e. The second-order valence-electron chi connectivity index (χ2n) is 4.05. The van der Waals surface area contributed by atoms with Crippen molar-refractivity contribution in [2.45, 2.75) is 18.9 Å². The van der Waals surface area contributed by atoms with E-state index in [9.17, 15) is 4.79 Å². The van der Waals surface area contributed by atoms with Crippen LogP contribution in [0.2, 0.25) is 0 Å². The lowest BCUT2D eigenvalue weighted by Gasteiger charge is -2.10. The number of benzene rings is 1. The topological polar surface area (TPSA) is 35.5 Å². The van der Waals surface area contributed by atoms with Crippen molar-refractivity contribution in [3.63, 3.8) is 0 Å². The number of carbonyl (C=O) groups is 1. The third-order valence-electron chi connectivity index (χ3n) is 2.83. The van der Waals surface area contributed by atoms with Gasteiger partial charge >= 0.3 is 5.97 Å². The fourth-order valence-electron chi connectivity index (χ4n) is 1.79. The Morgan fingerprint density at radius 3 is 2.93 bits per heavy atom. The molecular weight excluding hydrogens is 192 g/mol. The molecular formula is C12H12O3. The quantitative estimate of drug-likeness (QED) is 0.692. The van der Waals surface area contributed by atoms with Gasteiger partial charge in [-0.15, -0.1) is 0 Å². The number of hydrogen-bond acceptors (Lipinski definition) is 3. The summed E-state index contributed by atoms with van der Waals surface area (Å²) in [6, 6.07) is 7.71. The summed E-state index contributed by atoms with van der Waals surface area (Å²) in [5.74, 6) is 0.921. The van der Waals surface area contributed by atoms with E-state index >= 15 is 0 Å². The first-order valence-corrected chi connectivity index (χ1v) is 5.27. The van der Waals surface area contributed by atoms with E-state index in [1.54, 1.807) is 0 Å². The minimum Gasteiger partial charge on any atom is -0.489 e. The molecule has 1 unspecified atom stereocenters. The highest BCUT2D eigenvalue weighted by atomic mass is 16.6. The Balaban J connectivity index is 1.75. The second kappa shape index (κ2) is 3.26. The molecule has 78 valence electrons. The summed E-state index contributed by atoms with van der Waals surface area (Å²) in [4.78, 5) is 11.5. The summed E-state index contributed by atoms with van der Waals surface area (Å²) in [6.07, 6.45) is 1.76. The number of para-hydroxylation sites is 1. The van der Waals surface area contributed by atoms with Crippen LogP contribution < -0.4 is 4.74 Å². The van der Waals surface area contributed by atoms with Crippen LogP contribution in [-0.4, -0.2) is 12.6 Å². The van der Waals surface area contributed by atoms with Crippen LogP contribution in [0.1, 0.15) is 24.5 Å². The number of hydrogen-bond donors (Lipinski definition) is 0. The zero-order valence-electron chi connectivity index (χ0n) is 8.31. The Hall–Kier alpha value is -1.51. The highest BCUT2D eigenvalue weighted by Crippen LogP contribution is 2.37. The number of rotatable bonds is 2. The van der Waals surface area contributed by atoms with Crippen molar-refractivity contribution in [3.05, 3.63) is 29.8 Å². The average molecular weight is 204 g/mol. The van der Waals surface area contributed by atoms with Crippen LogP contribution in [0.4, 0.5) is 0 Å². The summed E-state index contributed by atoms with van der Waals surface area (Å²) >= 11 is 0. The first kappa shape index (κ1) is 8.77. The Bertz CT molecular complexity index is 396. The largest absolute Gasteiger partial charge is 0.489 e. The van der Waals surface area contributed by atoms with E-state index in [0.717, 1.165) is 24.2 Å². The number of ether oxygens (including phenoxy) is 2. The SMILES string of the molecule is O=C(OC1COc2ccccc21)C1CC1. The van der Waals surface area contributed by atoms with E-state index in [1.807, 2.05) is 24.3 Å². The van der Waals surface area contributed by atoms with Crippen LogP contribution in [0, 0.1) is 5.92 Å². The lowest BCUT2D eigenvalue weighted by molar-refractivity contribution is -0.151. The van der Waals surface area contributed by atoms with Gasteiger partial charge < -0.3 is 9.47 Å². The van der Waals surface area contributed by atoms with E-state index in [-0.39, 0.29) is 18.0 Å². The van der Waals surface area contributed by atoms with Crippen LogP contribution in [0.5, 0.6) is 5.75 Å². The number of carbonyl (C=O) groups excluding carboxylic acids is 1. The molecule has 0 radical (unpaired) electrons. The van der Waals surface area contributed by atoms with Gasteiger partial charge in [-0.05, 0) is 18.9 Å². The summed E-state index contributed by atoms with van der Waals surface area (Å²) in [6.45, 7) is 0.456. The molecule has 1 fully saturated rings. The minimum absolute atomic E-state index is 0.0692. The molecule has 1 aliphatic heterocycles. The van der Waals surface area contributed by atoms with Crippen molar-refractivity contribution in [3.8, 4) is 5.75 Å². The summed E-state index contributed by atoms with van der Waals surface area (Å²) in [7, 11) is 0. The monoisotopic (exact) mass is 204 g/mol. The van der Waals surface area contributed by atoms with Crippen molar-refractivity contribution >= 4 is 5.97 Å². The lowest BCUT2D eigenvalue weighted by Crippen LogP contribution is -2.13. The van der Waals surface area contributed by atoms with E-state index in [4.69, 9.17) is 9.47 Å². The fourth-order valence-corrected chi connectivity index (χ4v) is 1.79. The maximum atomic E-state index is 11.5. The summed E-state index contributed by atoms with van der Waals surface area (Å²) in [5.41, 5.74) is 0.992. The third kappa shape index (κ3) is 1.58. The predicted molar refractivity (Wildman–Crippen MR) is 53.5 cm³/mol. The summed E-state index contributed by atoms with van der Waals surface area (Å²) < 4.78 is 10.8. The zero-order valence-corrected chi connectivity index (χ0v) is 8.31. The highest BCUT2D eigenvalue weighted by molar-refractivity contribution is 5.75. The van der Waals surface area contributed by atoms with Gasteiger partial charge in [-0.25, -0.2) is 0 Å². The Labute approximate surface area is 88.0 Å². The van der Waals surface area contributed by atoms with Gasteiger partial charge in [0.1, 0.15) is 12.4 Å². The number of fused-ring (bicyclic) bond motifs is 1. The van der Waals surface area contributed by atoms with Crippen molar-refractivity contribution < 1.29 is 14.3 Å². The van der Waals surface area contributed by atoms with Crippen molar-refractivity contribution in [1.82, 2.24) is 0 Å². The molecule has 0 saturated heterocycles. The first-order chi connectivity index (χ1) is 7.34. The Morgan fingerprint density at radius 2 is 2.13 bits per heavy atom. The zero-order chi connectivity index (χ0) is 10.3. The Kier molecular flexibility index (Phi) is 1.91. The molecule has 1 aromatic rings. The van der Waals surface area contributed by atoms with E-state index < -0.39 is 0 Å². The van der Waals surface area contributed by atoms with Gasteiger partial charge in [-0.3, -0.25) is 4.79 Å². The van der Waals surface area contributed by atoms with Crippen LogP contribution in [0.15, 0.2) is 24.3 Å². The highest BCUT2D eigenvalue weighted by Gasteiger charge is 2.35. The van der Waals surface area contributed by atoms with Gasteiger partial charge in [0.15, 0.2) is 6.10 Å². The van der Waals surface area contributed by atoms with Gasteiger partial charge in [0.25, 0.3) is 0 Å². The lowest BCUT2D eigenvalue weighted by atomic mass is 10.1. The molecule has 3 heteroatoms. The maximum absolute atomic E-state index is 11.5. The van der Waals surface area contributed by atoms with Crippen LogP contribution in [-0.2, 0) is 9.53 Å². The molecule has 0 bridgehead atoms. The van der Waals surface area contributed by atoms with E-state index in [1.165, 1.54) is 0 Å². The standard InChI is InChI=1S/C12H12O3/c13-12(8-5-6-8)15-11-7-14-10-4-2-1-3-9(10)11/h1-4,8,11H,5-7H2. The molecule has 0 amide bonds. The van der Waals surface area contributed by atoms with Gasteiger partial charge in [-0.1, -0.05) is 18.2 Å². The van der Waals surface area contributed by atoms with Crippen LogP contribution in [0.25, 0.3) is 0 Å². The molecule has 1 aliphatic carbocycles. The molecule has 1 heterocycles. The average Bonchev–Trinajstić information content (AvgIpc) is 3.03. The first-order valence-electron chi connectivity index (χ1n) is 5.27. The molecule has 3 rings (SSSR count). The summed E-state index contributed by atoms with van der Waals surface area (Å²) in [5, 5.41) is 0. The molecule has 1 atom stereocenters. The molecule has 0 N–H and O–H groups in total. The van der Waals surface area contributed by atoms with Crippen LogP contribution in [0.3, 0.4) is 0 Å². The molecule has 3 nitrogen and oxygen atoms in total. The Morgan fingerprint density at radius 1 is 1.33 bits per heavy atom. The van der Waals surface area contributed by atoms with Gasteiger partial charge in [0.2, 0.25) is 0 Å². The molecule has 15 heavy (non-hydrogen) atoms. The van der Waals surface area contributed by atoms with Gasteiger partial charge in [0.05, 0.1) is 5.92 Å². The fraction of sp³-hybridized carbons (Fsp3) is 0.417. The number of esters is 1. The second-order valence-corrected chi connectivity index (χ2v) is 4.05. The maximum Gasteiger partial charge on any atom is 0.309 e. The van der Waals surface area contributed by atoms with Crippen molar-refractivity contribution in [2.75, 3.05) is 6.61 Å².